The Labute approximate surface area is 99.6 Å². The quantitative estimate of drug-likeness (QED) is 0.800. The van der Waals surface area contributed by atoms with E-state index in [1.165, 1.54) is 14.2 Å². The van der Waals surface area contributed by atoms with Gasteiger partial charge in [-0.1, -0.05) is 30.3 Å². The van der Waals surface area contributed by atoms with Gasteiger partial charge in [-0.3, -0.25) is 4.84 Å². The van der Waals surface area contributed by atoms with Crippen molar-refractivity contribution < 1.29 is 19.1 Å². The van der Waals surface area contributed by atoms with Crippen LogP contribution < -0.4 is 5.48 Å². The van der Waals surface area contributed by atoms with Gasteiger partial charge in [0.05, 0.1) is 13.2 Å². The second-order valence-electron chi connectivity index (χ2n) is 3.84. The van der Waals surface area contributed by atoms with E-state index in [0.29, 0.717) is 6.42 Å². The molecule has 1 aromatic carbocycles. The van der Waals surface area contributed by atoms with Crippen molar-refractivity contribution in [3.63, 3.8) is 0 Å². The topological polar surface area (TPSA) is 56.8 Å². The van der Waals surface area contributed by atoms with Crippen LogP contribution in [-0.2, 0) is 19.1 Å². The van der Waals surface area contributed by atoms with Gasteiger partial charge in [0.15, 0.2) is 0 Å². The van der Waals surface area contributed by atoms with Gasteiger partial charge in [-0.15, -0.1) is 0 Å². The maximum absolute atomic E-state index is 11.6. The molecule has 1 aromatic rings. The number of benzene rings is 1. The maximum Gasteiger partial charge on any atom is 0.368 e. The van der Waals surface area contributed by atoms with Crippen LogP contribution in [0.15, 0.2) is 30.3 Å². The Morgan fingerprint density at radius 2 is 2.12 bits per heavy atom. The fourth-order valence-electron chi connectivity index (χ4n) is 1.88. The number of methoxy groups -OCH3 is 2. The minimum Gasteiger partial charge on any atom is -0.465 e. The van der Waals surface area contributed by atoms with Gasteiger partial charge in [-0.2, -0.15) is 5.48 Å². The number of rotatable bonds is 3. The van der Waals surface area contributed by atoms with E-state index >= 15 is 0 Å². The maximum atomic E-state index is 11.6. The van der Waals surface area contributed by atoms with Crippen molar-refractivity contribution in [3.8, 4) is 0 Å². The first-order valence-electron chi connectivity index (χ1n) is 5.34. The number of nitrogens with one attached hydrogen (secondary N) is 1. The van der Waals surface area contributed by atoms with Crippen molar-refractivity contribution in [1.29, 1.82) is 0 Å². The summed E-state index contributed by atoms with van der Waals surface area (Å²) in [4.78, 5) is 16.9. The summed E-state index contributed by atoms with van der Waals surface area (Å²) in [5.41, 5.74) is 3.84. The van der Waals surface area contributed by atoms with E-state index in [-0.39, 0.29) is 6.04 Å². The second-order valence-corrected chi connectivity index (χ2v) is 3.84. The molecule has 0 amide bonds. The highest BCUT2D eigenvalue weighted by molar-refractivity contribution is 5.78. The Hall–Kier alpha value is -1.43. The molecule has 1 saturated heterocycles. The van der Waals surface area contributed by atoms with E-state index in [2.05, 4.69) is 10.2 Å². The minimum atomic E-state index is -1.35. The molecule has 1 aliphatic heterocycles. The first-order valence-corrected chi connectivity index (χ1v) is 5.34. The van der Waals surface area contributed by atoms with E-state index in [0.717, 1.165) is 5.56 Å². The highest BCUT2D eigenvalue weighted by Gasteiger charge is 2.49. The van der Waals surface area contributed by atoms with Crippen LogP contribution in [0.2, 0.25) is 0 Å². The third kappa shape index (κ3) is 2.17. The van der Waals surface area contributed by atoms with Gasteiger partial charge in [0.1, 0.15) is 0 Å². The summed E-state index contributed by atoms with van der Waals surface area (Å²) < 4.78 is 9.83. The van der Waals surface area contributed by atoms with Crippen molar-refractivity contribution in [2.75, 3.05) is 14.2 Å². The van der Waals surface area contributed by atoms with E-state index < -0.39 is 11.8 Å². The molecule has 0 bridgehead atoms. The lowest BCUT2D eigenvalue weighted by molar-refractivity contribution is -0.235. The molecule has 0 spiro atoms. The van der Waals surface area contributed by atoms with E-state index in [1.54, 1.807) is 0 Å². The van der Waals surface area contributed by atoms with Gasteiger partial charge in [-0.25, -0.2) is 4.79 Å². The summed E-state index contributed by atoms with van der Waals surface area (Å²) >= 11 is 0. The minimum absolute atomic E-state index is 0.0877. The molecule has 17 heavy (non-hydrogen) atoms. The number of hydroxylamine groups is 1. The molecule has 1 N–H and O–H groups in total. The molecule has 5 nitrogen and oxygen atoms in total. The van der Waals surface area contributed by atoms with E-state index in [9.17, 15) is 4.79 Å². The van der Waals surface area contributed by atoms with Crippen LogP contribution in [0.4, 0.5) is 0 Å². The molecule has 0 unspecified atom stereocenters. The van der Waals surface area contributed by atoms with Gasteiger partial charge in [0, 0.05) is 13.5 Å². The fourth-order valence-corrected chi connectivity index (χ4v) is 1.88. The lowest BCUT2D eigenvalue weighted by atomic mass is 10.0. The van der Waals surface area contributed by atoms with Crippen molar-refractivity contribution in [2.24, 2.45) is 0 Å². The zero-order valence-electron chi connectivity index (χ0n) is 9.80. The number of hydrogen-bond acceptors (Lipinski definition) is 5. The standard InChI is InChI=1S/C12H15NO4/c1-15-11(14)12(16-2)8-10(13-17-12)9-6-4-3-5-7-9/h3-7,10,13H,8H2,1-2H3/t10-,12-/m1/s1. The molecule has 1 heterocycles. The number of carbonyl (C=O) groups is 1. The summed E-state index contributed by atoms with van der Waals surface area (Å²) in [7, 11) is 2.73. The number of esters is 1. The molecule has 92 valence electrons. The van der Waals surface area contributed by atoms with E-state index in [1.807, 2.05) is 30.3 Å². The van der Waals surface area contributed by atoms with Crippen LogP contribution in [0, 0.1) is 0 Å². The summed E-state index contributed by atoms with van der Waals surface area (Å²) in [5, 5.41) is 0. The second kappa shape index (κ2) is 4.83. The largest absolute Gasteiger partial charge is 0.465 e. The normalized spacial score (nSPS) is 28.0. The van der Waals surface area contributed by atoms with Gasteiger partial charge < -0.3 is 9.47 Å². The Kier molecular flexibility index (Phi) is 3.42. The lowest BCUT2D eigenvalue weighted by Gasteiger charge is -2.21. The van der Waals surface area contributed by atoms with Crippen molar-refractivity contribution in [2.45, 2.75) is 18.2 Å². The summed E-state index contributed by atoms with van der Waals surface area (Å²) in [5.74, 6) is -1.89. The molecule has 1 aliphatic rings. The van der Waals surface area contributed by atoms with Crippen LogP contribution in [0.25, 0.3) is 0 Å². The van der Waals surface area contributed by atoms with Crippen LogP contribution in [-0.4, -0.2) is 26.0 Å². The van der Waals surface area contributed by atoms with Crippen LogP contribution in [0.3, 0.4) is 0 Å². The smallest absolute Gasteiger partial charge is 0.368 e. The number of carbonyl (C=O) groups excluding carboxylic acids is 1. The average molecular weight is 237 g/mol. The summed E-state index contributed by atoms with van der Waals surface area (Å²) in [6.45, 7) is 0. The predicted molar refractivity (Wildman–Crippen MR) is 59.8 cm³/mol. The summed E-state index contributed by atoms with van der Waals surface area (Å²) in [6.07, 6.45) is 0.375. The summed E-state index contributed by atoms with van der Waals surface area (Å²) in [6, 6.07) is 9.64. The highest BCUT2D eigenvalue weighted by Crippen LogP contribution is 2.34. The third-order valence-electron chi connectivity index (χ3n) is 2.87. The lowest BCUT2D eigenvalue weighted by Crippen LogP contribution is -2.41. The monoisotopic (exact) mass is 237 g/mol. The molecule has 0 saturated carbocycles. The van der Waals surface area contributed by atoms with Gasteiger partial charge in [0.25, 0.3) is 5.79 Å². The number of ether oxygens (including phenoxy) is 2. The Morgan fingerprint density at radius 3 is 2.71 bits per heavy atom. The molecule has 1 fully saturated rings. The molecular formula is C12H15NO4. The van der Waals surface area contributed by atoms with Crippen LogP contribution >= 0.6 is 0 Å². The zero-order valence-corrected chi connectivity index (χ0v) is 9.80. The van der Waals surface area contributed by atoms with Gasteiger partial charge in [0.2, 0.25) is 0 Å². The van der Waals surface area contributed by atoms with Crippen LogP contribution in [0.1, 0.15) is 18.0 Å². The Bertz CT molecular complexity index is 395. The van der Waals surface area contributed by atoms with Crippen molar-refractivity contribution >= 4 is 5.97 Å². The molecular weight excluding hydrogens is 222 g/mol. The van der Waals surface area contributed by atoms with Crippen molar-refractivity contribution in [3.05, 3.63) is 35.9 Å². The highest BCUT2D eigenvalue weighted by atomic mass is 16.8. The first-order chi connectivity index (χ1) is 8.22. The SMILES string of the molecule is COC(=O)[C@@]1(OC)C[C@H](c2ccccc2)NO1. The van der Waals surface area contributed by atoms with Crippen molar-refractivity contribution in [1.82, 2.24) is 5.48 Å². The molecule has 5 heteroatoms. The molecule has 0 aliphatic carbocycles. The zero-order chi connectivity index (χ0) is 12.3. The average Bonchev–Trinajstić information content (AvgIpc) is 2.84. The van der Waals surface area contributed by atoms with Crippen LogP contribution in [0.5, 0.6) is 0 Å². The fraction of sp³-hybridized carbons (Fsp3) is 0.417. The number of hydrogen-bond donors (Lipinski definition) is 1. The first kappa shape index (κ1) is 12.0. The molecule has 2 rings (SSSR count). The van der Waals surface area contributed by atoms with Gasteiger partial charge in [-0.05, 0) is 5.56 Å². The Balaban J connectivity index is 2.16. The Morgan fingerprint density at radius 1 is 1.41 bits per heavy atom. The van der Waals surface area contributed by atoms with Gasteiger partial charge >= 0.3 is 5.97 Å². The molecule has 0 aromatic heterocycles. The molecule has 0 radical (unpaired) electrons. The molecule has 2 atom stereocenters. The predicted octanol–water partition coefficient (Wildman–Crippen LogP) is 1.17. The third-order valence-corrected chi connectivity index (χ3v) is 2.87. The van der Waals surface area contributed by atoms with E-state index in [4.69, 9.17) is 9.57 Å².